The van der Waals surface area contributed by atoms with Gasteiger partial charge in [0, 0.05) is 17.2 Å². The van der Waals surface area contributed by atoms with Crippen LogP contribution in [-0.4, -0.2) is 5.75 Å². The first-order valence-electron chi connectivity index (χ1n) is 6.19. The van der Waals surface area contributed by atoms with E-state index < -0.39 is 0 Å². The molecule has 0 amide bonds. The highest BCUT2D eigenvalue weighted by atomic mass is 32.2. The van der Waals surface area contributed by atoms with Gasteiger partial charge in [0.15, 0.2) is 0 Å². The molecule has 1 aliphatic carbocycles. The van der Waals surface area contributed by atoms with E-state index in [2.05, 4.69) is 6.07 Å². The highest BCUT2D eigenvalue weighted by Crippen LogP contribution is 2.32. The molecule has 0 atom stereocenters. The van der Waals surface area contributed by atoms with Crippen molar-refractivity contribution in [2.75, 3.05) is 5.75 Å². The summed E-state index contributed by atoms with van der Waals surface area (Å²) in [5.41, 5.74) is 7.39. The largest absolute Gasteiger partial charge is 0.326 e. The third-order valence-corrected chi connectivity index (χ3v) is 4.65. The average Bonchev–Trinajstić information content (AvgIpc) is 2.89. The van der Waals surface area contributed by atoms with Gasteiger partial charge in [0.2, 0.25) is 0 Å². The fourth-order valence-electron chi connectivity index (χ4n) is 2.30. The van der Waals surface area contributed by atoms with E-state index in [1.165, 1.54) is 25.7 Å². The molecule has 2 N–H and O–H groups in total. The van der Waals surface area contributed by atoms with Gasteiger partial charge in [-0.3, -0.25) is 0 Å². The predicted molar refractivity (Wildman–Crippen MR) is 71.7 cm³/mol. The molecule has 1 saturated carbocycles. The standard InChI is InChI=1S/C14H18N2S/c15-8-12-5-6-14(13(7-12)9-16)17-10-11-3-1-2-4-11/h5-7,11H,1-4,8,10,15H2. The van der Waals surface area contributed by atoms with Crippen molar-refractivity contribution < 1.29 is 0 Å². The number of hydrogen-bond acceptors (Lipinski definition) is 3. The van der Waals surface area contributed by atoms with Crippen molar-refractivity contribution in [3.05, 3.63) is 29.3 Å². The van der Waals surface area contributed by atoms with Crippen LogP contribution in [0.15, 0.2) is 23.1 Å². The molecule has 0 aromatic heterocycles. The molecule has 2 rings (SSSR count). The van der Waals surface area contributed by atoms with Gasteiger partial charge >= 0.3 is 0 Å². The molecular formula is C14H18N2S. The van der Waals surface area contributed by atoms with Crippen molar-refractivity contribution in [3.8, 4) is 6.07 Å². The SMILES string of the molecule is N#Cc1cc(CN)ccc1SCC1CCCC1. The van der Waals surface area contributed by atoms with Crippen LogP contribution in [0, 0.1) is 17.2 Å². The lowest BCUT2D eigenvalue weighted by Crippen LogP contribution is -1.99. The van der Waals surface area contributed by atoms with E-state index in [4.69, 9.17) is 11.0 Å². The van der Waals surface area contributed by atoms with E-state index in [9.17, 15) is 0 Å². The van der Waals surface area contributed by atoms with E-state index >= 15 is 0 Å². The van der Waals surface area contributed by atoms with Gasteiger partial charge in [-0.2, -0.15) is 5.26 Å². The summed E-state index contributed by atoms with van der Waals surface area (Å²) in [6.45, 7) is 0.502. The van der Waals surface area contributed by atoms with Crippen LogP contribution in [0.1, 0.15) is 36.8 Å². The van der Waals surface area contributed by atoms with Crippen molar-refractivity contribution in [1.82, 2.24) is 0 Å². The molecule has 0 radical (unpaired) electrons. The predicted octanol–water partition coefficient (Wildman–Crippen LogP) is 3.30. The van der Waals surface area contributed by atoms with Crippen LogP contribution in [0.5, 0.6) is 0 Å². The van der Waals surface area contributed by atoms with Crippen LogP contribution < -0.4 is 5.73 Å². The normalized spacial score (nSPS) is 16.0. The summed E-state index contributed by atoms with van der Waals surface area (Å²) in [5.74, 6) is 2.00. The monoisotopic (exact) mass is 246 g/mol. The van der Waals surface area contributed by atoms with Crippen molar-refractivity contribution in [2.45, 2.75) is 37.1 Å². The summed E-state index contributed by atoms with van der Waals surface area (Å²) in [7, 11) is 0. The Morgan fingerprint density at radius 1 is 1.35 bits per heavy atom. The summed E-state index contributed by atoms with van der Waals surface area (Å²) < 4.78 is 0. The maximum absolute atomic E-state index is 9.13. The second-order valence-corrected chi connectivity index (χ2v) is 5.67. The maximum Gasteiger partial charge on any atom is 0.100 e. The Labute approximate surface area is 107 Å². The van der Waals surface area contributed by atoms with Gasteiger partial charge in [0.1, 0.15) is 6.07 Å². The molecule has 0 spiro atoms. The Morgan fingerprint density at radius 2 is 2.12 bits per heavy atom. The summed E-state index contributed by atoms with van der Waals surface area (Å²) >= 11 is 1.82. The van der Waals surface area contributed by atoms with Gasteiger partial charge in [-0.05, 0) is 36.5 Å². The van der Waals surface area contributed by atoms with Gasteiger partial charge in [-0.1, -0.05) is 18.9 Å². The van der Waals surface area contributed by atoms with Crippen LogP contribution in [0.25, 0.3) is 0 Å². The molecule has 0 heterocycles. The summed E-state index contributed by atoms with van der Waals surface area (Å²) in [4.78, 5) is 1.11. The Morgan fingerprint density at radius 3 is 2.76 bits per heavy atom. The Bertz CT molecular complexity index is 417. The Kier molecular flexibility index (Phi) is 4.47. The molecule has 1 fully saturated rings. The first-order chi connectivity index (χ1) is 8.33. The van der Waals surface area contributed by atoms with Gasteiger partial charge in [0.05, 0.1) is 5.56 Å². The first-order valence-corrected chi connectivity index (χ1v) is 7.18. The Hall–Kier alpha value is -0.980. The molecule has 0 aliphatic heterocycles. The minimum absolute atomic E-state index is 0.502. The van der Waals surface area contributed by atoms with Crippen LogP contribution in [-0.2, 0) is 6.54 Å². The average molecular weight is 246 g/mol. The molecule has 0 unspecified atom stereocenters. The second kappa shape index (κ2) is 6.09. The molecule has 0 bridgehead atoms. The highest BCUT2D eigenvalue weighted by Gasteiger charge is 2.15. The molecular weight excluding hydrogens is 228 g/mol. The fraction of sp³-hybridized carbons (Fsp3) is 0.500. The van der Waals surface area contributed by atoms with Crippen LogP contribution in [0.3, 0.4) is 0 Å². The van der Waals surface area contributed by atoms with Crippen molar-refractivity contribution >= 4 is 11.8 Å². The molecule has 17 heavy (non-hydrogen) atoms. The summed E-state index contributed by atoms with van der Waals surface area (Å²) in [6, 6.07) is 8.25. The van der Waals surface area contributed by atoms with E-state index in [0.29, 0.717) is 6.54 Å². The molecule has 1 aromatic carbocycles. The molecule has 90 valence electrons. The van der Waals surface area contributed by atoms with E-state index in [1.54, 1.807) is 0 Å². The van der Waals surface area contributed by atoms with Crippen LogP contribution >= 0.6 is 11.8 Å². The van der Waals surface area contributed by atoms with Crippen LogP contribution in [0.4, 0.5) is 0 Å². The number of hydrogen-bond donors (Lipinski definition) is 1. The third-order valence-electron chi connectivity index (χ3n) is 3.35. The van der Waals surface area contributed by atoms with Crippen molar-refractivity contribution in [1.29, 1.82) is 5.26 Å². The lowest BCUT2D eigenvalue weighted by molar-refractivity contribution is 0.623. The fourth-order valence-corrected chi connectivity index (χ4v) is 3.47. The zero-order chi connectivity index (χ0) is 12.1. The smallest absolute Gasteiger partial charge is 0.100 e. The maximum atomic E-state index is 9.13. The molecule has 1 aromatic rings. The van der Waals surface area contributed by atoms with Gasteiger partial charge < -0.3 is 5.73 Å². The minimum atomic E-state index is 0.502. The topological polar surface area (TPSA) is 49.8 Å². The lowest BCUT2D eigenvalue weighted by atomic mass is 10.1. The second-order valence-electron chi connectivity index (χ2n) is 4.61. The van der Waals surface area contributed by atoms with E-state index in [0.717, 1.165) is 27.7 Å². The zero-order valence-electron chi connectivity index (χ0n) is 9.98. The zero-order valence-corrected chi connectivity index (χ0v) is 10.8. The highest BCUT2D eigenvalue weighted by molar-refractivity contribution is 7.99. The minimum Gasteiger partial charge on any atom is -0.326 e. The van der Waals surface area contributed by atoms with Gasteiger partial charge in [-0.15, -0.1) is 11.8 Å². The number of thioether (sulfide) groups is 1. The first kappa shape index (κ1) is 12.5. The third kappa shape index (κ3) is 3.24. The number of nitriles is 1. The summed E-state index contributed by atoms with van der Waals surface area (Å²) in [5, 5.41) is 9.13. The van der Waals surface area contributed by atoms with Gasteiger partial charge in [-0.25, -0.2) is 0 Å². The van der Waals surface area contributed by atoms with Crippen molar-refractivity contribution in [3.63, 3.8) is 0 Å². The quantitative estimate of drug-likeness (QED) is 0.829. The number of benzene rings is 1. The molecule has 0 saturated heterocycles. The lowest BCUT2D eigenvalue weighted by Gasteiger charge is -2.10. The van der Waals surface area contributed by atoms with E-state index in [-0.39, 0.29) is 0 Å². The number of nitrogens with zero attached hydrogens (tertiary/aromatic N) is 1. The molecule has 2 nitrogen and oxygen atoms in total. The molecule has 3 heteroatoms. The Balaban J connectivity index is 2.02. The summed E-state index contributed by atoms with van der Waals surface area (Å²) in [6.07, 6.45) is 5.47. The molecule has 1 aliphatic rings. The van der Waals surface area contributed by atoms with Crippen LogP contribution in [0.2, 0.25) is 0 Å². The van der Waals surface area contributed by atoms with E-state index in [1.807, 2.05) is 30.0 Å². The number of nitrogens with two attached hydrogens (primary N) is 1. The van der Waals surface area contributed by atoms with Gasteiger partial charge in [0.25, 0.3) is 0 Å². The van der Waals surface area contributed by atoms with Crippen molar-refractivity contribution in [2.24, 2.45) is 11.7 Å². The number of rotatable bonds is 4.